The molecular formula is C14H21F2NO2. The first-order valence-corrected chi connectivity index (χ1v) is 6.39. The SMILES string of the molecule is CCC(C)N(CCOC)c1c(F)cc(CO)cc1F. The lowest BCUT2D eigenvalue weighted by atomic mass is 10.1. The molecule has 19 heavy (non-hydrogen) atoms. The number of aliphatic hydroxyl groups is 1. The molecule has 0 aromatic heterocycles. The fraction of sp³-hybridized carbons (Fsp3) is 0.571. The molecule has 108 valence electrons. The molecule has 1 aromatic carbocycles. The van der Waals surface area contributed by atoms with E-state index in [0.29, 0.717) is 13.2 Å². The van der Waals surface area contributed by atoms with Crippen LogP contribution in [0.5, 0.6) is 0 Å². The molecule has 0 saturated heterocycles. The van der Waals surface area contributed by atoms with Crippen LogP contribution in [0, 0.1) is 11.6 Å². The summed E-state index contributed by atoms with van der Waals surface area (Å²) in [5.41, 5.74) is 0.179. The van der Waals surface area contributed by atoms with Gasteiger partial charge < -0.3 is 14.7 Å². The lowest BCUT2D eigenvalue weighted by molar-refractivity contribution is 0.203. The molecule has 5 heteroatoms. The van der Waals surface area contributed by atoms with Crippen molar-refractivity contribution in [1.29, 1.82) is 0 Å². The molecule has 0 aliphatic carbocycles. The molecule has 0 aliphatic heterocycles. The van der Waals surface area contributed by atoms with Gasteiger partial charge in [-0.1, -0.05) is 6.92 Å². The highest BCUT2D eigenvalue weighted by atomic mass is 19.1. The zero-order valence-electron chi connectivity index (χ0n) is 11.6. The van der Waals surface area contributed by atoms with Crippen LogP contribution < -0.4 is 4.90 Å². The fourth-order valence-electron chi connectivity index (χ4n) is 1.95. The standard InChI is InChI=1S/C14H21F2NO2/c1-4-10(2)17(5-6-19-3)14-12(15)7-11(9-18)8-13(14)16/h7-8,10,18H,4-6,9H2,1-3H3. The second-order valence-corrected chi connectivity index (χ2v) is 4.51. The number of nitrogens with zero attached hydrogens (tertiary/aromatic N) is 1. The monoisotopic (exact) mass is 273 g/mol. The summed E-state index contributed by atoms with van der Waals surface area (Å²) in [5, 5.41) is 8.95. The largest absolute Gasteiger partial charge is 0.392 e. The number of rotatable bonds is 7. The lowest BCUT2D eigenvalue weighted by Crippen LogP contribution is -2.36. The minimum absolute atomic E-state index is 0.000809. The Hall–Kier alpha value is -1.20. The molecule has 0 fully saturated rings. The molecule has 1 unspecified atom stereocenters. The Morgan fingerprint density at radius 3 is 2.32 bits per heavy atom. The highest BCUT2D eigenvalue weighted by Gasteiger charge is 2.21. The van der Waals surface area contributed by atoms with Crippen LogP contribution in [0.15, 0.2) is 12.1 Å². The normalized spacial score (nSPS) is 12.5. The van der Waals surface area contributed by atoms with E-state index in [-0.39, 0.29) is 23.9 Å². The van der Waals surface area contributed by atoms with Crippen molar-refractivity contribution >= 4 is 5.69 Å². The van der Waals surface area contributed by atoms with Crippen LogP contribution in [0.25, 0.3) is 0 Å². The van der Waals surface area contributed by atoms with Crippen LogP contribution in [0.4, 0.5) is 14.5 Å². The predicted molar refractivity (Wildman–Crippen MR) is 71.3 cm³/mol. The number of benzene rings is 1. The Balaban J connectivity index is 3.14. The molecule has 1 N–H and O–H groups in total. The molecule has 3 nitrogen and oxygen atoms in total. The van der Waals surface area contributed by atoms with E-state index in [9.17, 15) is 8.78 Å². The van der Waals surface area contributed by atoms with Crippen molar-refractivity contribution in [3.8, 4) is 0 Å². The van der Waals surface area contributed by atoms with Gasteiger partial charge in [0.2, 0.25) is 0 Å². The van der Waals surface area contributed by atoms with E-state index in [0.717, 1.165) is 6.42 Å². The van der Waals surface area contributed by atoms with Crippen LogP contribution in [0.2, 0.25) is 0 Å². The summed E-state index contributed by atoms with van der Waals surface area (Å²) in [7, 11) is 1.55. The van der Waals surface area contributed by atoms with Gasteiger partial charge in [0.25, 0.3) is 0 Å². The quantitative estimate of drug-likeness (QED) is 0.829. The Labute approximate surface area is 112 Å². The Morgan fingerprint density at radius 1 is 1.32 bits per heavy atom. The number of methoxy groups -OCH3 is 1. The number of ether oxygens (including phenoxy) is 1. The topological polar surface area (TPSA) is 32.7 Å². The summed E-state index contributed by atoms with van der Waals surface area (Å²) in [5.74, 6) is -1.30. The molecule has 0 saturated carbocycles. The number of halogens is 2. The van der Waals surface area contributed by atoms with Gasteiger partial charge in [0, 0.05) is 19.7 Å². The first-order valence-electron chi connectivity index (χ1n) is 6.39. The molecule has 0 aliphatic rings. The number of hydrogen-bond acceptors (Lipinski definition) is 3. The third kappa shape index (κ3) is 3.88. The Kier molecular flexibility index (Phi) is 6.18. The van der Waals surface area contributed by atoms with Gasteiger partial charge in [-0.05, 0) is 31.0 Å². The van der Waals surface area contributed by atoms with Gasteiger partial charge in [-0.2, -0.15) is 0 Å². The molecule has 1 atom stereocenters. The fourth-order valence-corrected chi connectivity index (χ4v) is 1.95. The van der Waals surface area contributed by atoms with Crippen molar-refractivity contribution < 1.29 is 18.6 Å². The third-order valence-corrected chi connectivity index (χ3v) is 3.21. The van der Waals surface area contributed by atoms with E-state index < -0.39 is 11.6 Å². The first-order chi connectivity index (χ1) is 9.04. The van der Waals surface area contributed by atoms with Gasteiger partial charge in [-0.25, -0.2) is 8.78 Å². The maximum absolute atomic E-state index is 14.0. The summed E-state index contributed by atoms with van der Waals surface area (Å²) in [6.45, 7) is 4.30. The van der Waals surface area contributed by atoms with E-state index >= 15 is 0 Å². The second-order valence-electron chi connectivity index (χ2n) is 4.51. The van der Waals surface area contributed by atoms with Gasteiger partial charge in [-0.3, -0.25) is 0 Å². The summed E-state index contributed by atoms with van der Waals surface area (Å²) in [6.07, 6.45) is 0.768. The zero-order chi connectivity index (χ0) is 14.4. The van der Waals surface area contributed by atoms with Crippen molar-refractivity contribution in [1.82, 2.24) is 0 Å². The molecule has 0 spiro atoms. The highest BCUT2D eigenvalue weighted by Crippen LogP contribution is 2.27. The van der Waals surface area contributed by atoms with Crippen LogP contribution in [-0.2, 0) is 11.3 Å². The molecule has 0 radical (unpaired) electrons. The minimum atomic E-state index is -0.652. The minimum Gasteiger partial charge on any atom is -0.392 e. The van der Waals surface area contributed by atoms with E-state index in [1.54, 1.807) is 12.0 Å². The van der Waals surface area contributed by atoms with Gasteiger partial charge in [-0.15, -0.1) is 0 Å². The smallest absolute Gasteiger partial charge is 0.149 e. The van der Waals surface area contributed by atoms with Crippen molar-refractivity contribution in [2.45, 2.75) is 32.9 Å². The van der Waals surface area contributed by atoms with E-state index in [1.807, 2.05) is 13.8 Å². The summed E-state index contributed by atoms with van der Waals surface area (Å²) >= 11 is 0. The van der Waals surface area contributed by atoms with Gasteiger partial charge in [0.05, 0.1) is 13.2 Å². The molecule has 1 rings (SSSR count). The average molecular weight is 273 g/mol. The third-order valence-electron chi connectivity index (χ3n) is 3.21. The van der Waals surface area contributed by atoms with E-state index in [1.165, 1.54) is 12.1 Å². The lowest BCUT2D eigenvalue weighted by Gasteiger charge is -2.31. The summed E-state index contributed by atoms with van der Waals surface area (Å²) < 4.78 is 33.1. The Morgan fingerprint density at radius 2 is 1.89 bits per heavy atom. The summed E-state index contributed by atoms with van der Waals surface area (Å²) in [4.78, 5) is 1.66. The van der Waals surface area contributed by atoms with E-state index in [4.69, 9.17) is 9.84 Å². The molecule has 0 amide bonds. The maximum atomic E-state index is 14.0. The number of aliphatic hydroxyl groups excluding tert-OH is 1. The van der Waals surface area contributed by atoms with Gasteiger partial charge in [0.1, 0.15) is 17.3 Å². The van der Waals surface area contributed by atoms with Gasteiger partial charge in [0.15, 0.2) is 0 Å². The number of anilines is 1. The van der Waals surface area contributed by atoms with Crippen LogP contribution >= 0.6 is 0 Å². The van der Waals surface area contributed by atoms with Crippen molar-refractivity contribution in [3.63, 3.8) is 0 Å². The van der Waals surface area contributed by atoms with Crippen molar-refractivity contribution in [3.05, 3.63) is 29.3 Å². The molecule has 0 heterocycles. The molecule has 1 aromatic rings. The van der Waals surface area contributed by atoms with E-state index in [2.05, 4.69) is 0 Å². The number of hydrogen-bond donors (Lipinski definition) is 1. The molecule has 0 bridgehead atoms. The van der Waals surface area contributed by atoms with Crippen molar-refractivity contribution in [2.24, 2.45) is 0 Å². The second kappa shape index (κ2) is 7.40. The van der Waals surface area contributed by atoms with Crippen LogP contribution in [0.1, 0.15) is 25.8 Å². The summed E-state index contributed by atoms with van der Waals surface area (Å²) in [6, 6.07) is 2.33. The predicted octanol–water partition coefficient (Wildman–Crippen LogP) is 2.71. The first kappa shape index (κ1) is 15.9. The highest BCUT2D eigenvalue weighted by molar-refractivity contribution is 5.51. The zero-order valence-corrected chi connectivity index (χ0v) is 11.6. The van der Waals surface area contributed by atoms with Crippen LogP contribution in [0.3, 0.4) is 0 Å². The van der Waals surface area contributed by atoms with Crippen molar-refractivity contribution in [2.75, 3.05) is 25.2 Å². The maximum Gasteiger partial charge on any atom is 0.149 e. The molecular weight excluding hydrogens is 252 g/mol. The van der Waals surface area contributed by atoms with Crippen LogP contribution in [-0.4, -0.2) is 31.4 Å². The van der Waals surface area contributed by atoms with Gasteiger partial charge >= 0.3 is 0 Å². The average Bonchev–Trinajstić information content (AvgIpc) is 2.40. The Bertz CT molecular complexity index is 389.